The van der Waals surface area contributed by atoms with E-state index in [9.17, 15) is 4.79 Å². The maximum absolute atomic E-state index is 12.4. The lowest BCUT2D eigenvalue weighted by Crippen LogP contribution is -2.33. The Hall–Kier alpha value is -1.99. The van der Waals surface area contributed by atoms with Gasteiger partial charge in [0.15, 0.2) is 6.61 Å². The van der Waals surface area contributed by atoms with Crippen molar-refractivity contribution in [1.82, 2.24) is 15.3 Å². The number of halogens is 1. The summed E-state index contributed by atoms with van der Waals surface area (Å²) in [6.45, 7) is -0.0301. The van der Waals surface area contributed by atoms with Gasteiger partial charge in [-0.05, 0) is 54.8 Å². The molecule has 5 nitrogen and oxygen atoms in total. The summed E-state index contributed by atoms with van der Waals surface area (Å²) >= 11 is 5.12. The van der Waals surface area contributed by atoms with Crippen molar-refractivity contribution in [2.75, 3.05) is 18.6 Å². The lowest BCUT2D eigenvalue weighted by molar-refractivity contribution is -0.123. The van der Waals surface area contributed by atoms with Gasteiger partial charge in [0, 0.05) is 4.47 Å². The van der Waals surface area contributed by atoms with Gasteiger partial charge < -0.3 is 15.0 Å². The lowest BCUT2D eigenvalue weighted by atomic mass is 10.2. The first-order valence-electron chi connectivity index (χ1n) is 8.27. The van der Waals surface area contributed by atoms with Crippen molar-refractivity contribution in [3.63, 3.8) is 0 Å². The molecule has 1 aromatic heterocycles. The van der Waals surface area contributed by atoms with Crippen molar-refractivity contribution in [2.45, 2.75) is 12.5 Å². The molecular formula is C19H20BrN3O2S. The fraction of sp³-hybridized carbons (Fsp3) is 0.263. The minimum Gasteiger partial charge on any atom is -0.484 e. The van der Waals surface area contributed by atoms with Crippen LogP contribution in [0.5, 0.6) is 5.75 Å². The molecule has 1 amide bonds. The van der Waals surface area contributed by atoms with E-state index in [2.05, 4.69) is 31.2 Å². The molecule has 1 heterocycles. The van der Waals surface area contributed by atoms with Gasteiger partial charge in [0.25, 0.3) is 5.91 Å². The van der Waals surface area contributed by atoms with E-state index in [4.69, 9.17) is 4.74 Å². The van der Waals surface area contributed by atoms with Crippen LogP contribution >= 0.6 is 27.7 Å². The quantitative estimate of drug-likeness (QED) is 0.555. The zero-order chi connectivity index (χ0) is 18.4. The highest BCUT2D eigenvalue weighted by atomic mass is 79.9. The highest BCUT2D eigenvalue weighted by Crippen LogP contribution is 2.20. The van der Waals surface area contributed by atoms with Crippen molar-refractivity contribution in [3.05, 3.63) is 58.8 Å². The zero-order valence-electron chi connectivity index (χ0n) is 14.4. The lowest BCUT2D eigenvalue weighted by Gasteiger charge is -2.16. The number of carbonyl (C=O) groups is 1. The van der Waals surface area contributed by atoms with Crippen LogP contribution in [0.3, 0.4) is 0 Å². The van der Waals surface area contributed by atoms with Crippen molar-refractivity contribution < 1.29 is 9.53 Å². The number of nitrogens with zero attached hydrogens (tertiary/aromatic N) is 1. The fourth-order valence-electron chi connectivity index (χ4n) is 2.57. The van der Waals surface area contributed by atoms with Gasteiger partial charge >= 0.3 is 0 Å². The third-order valence-corrected chi connectivity index (χ3v) is 5.04. The molecule has 7 heteroatoms. The van der Waals surface area contributed by atoms with Gasteiger partial charge in [0.1, 0.15) is 11.6 Å². The molecule has 0 saturated heterocycles. The highest BCUT2D eigenvalue weighted by Gasteiger charge is 2.18. The molecule has 0 unspecified atom stereocenters. The first-order valence-corrected chi connectivity index (χ1v) is 10.5. The molecule has 0 fully saturated rings. The number of para-hydroxylation sites is 2. The van der Waals surface area contributed by atoms with Gasteiger partial charge in [0.05, 0.1) is 17.1 Å². The normalized spacial score (nSPS) is 12.1. The van der Waals surface area contributed by atoms with E-state index in [1.54, 1.807) is 11.8 Å². The predicted molar refractivity (Wildman–Crippen MR) is 110 cm³/mol. The molecular weight excluding hydrogens is 414 g/mol. The van der Waals surface area contributed by atoms with Crippen LogP contribution in [0.15, 0.2) is 53.0 Å². The van der Waals surface area contributed by atoms with Crippen molar-refractivity contribution in [3.8, 4) is 5.75 Å². The number of hydrogen-bond acceptors (Lipinski definition) is 4. The van der Waals surface area contributed by atoms with E-state index in [-0.39, 0.29) is 18.6 Å². The van der Waals surface area contributed by atoms with Crippen molar-refractivity contribution in [1.29, 1.82) is 0 Å². The molecule has 2 N–H and O–H groups in total. The molecule has 2 aromatic carbocycles. The number of imidazole rings is 1. The minimum absolute atomic E-state index is 0.0301. The van der Waals surface area contributed by atoms with Gasteiger partial charge in [-0.15, -0.1) is 0 Å². The number of amides is 1. The maximum Gasteiger partial charge on any atom is 0.258 e. The van der Waals surface area contributed by atoms with E-state index in [1.807, 2.05) is 54.8 Å². The van der Waals surface area contributed by atoms with E-state index in [1.165, 1.54) is 0 Å². The third-order valence-electron chi connectivity index (χ3n) is 3.87. The zero-order valence-corrected chi connectivity index (χ0v) is 16.8. The number of hydrogen-bond donors (Lipinski definition) is 2. The summed E-state index contributed by atoms with van der Waals surface area (Å²) in [5.74, 6) is 2.19. The summed E-state index contributed by atoms with van der Waals surface area (Å²) in [6.07, 6.45) is 2.85. The second-order valence-corrected chi connectivity index (χ2v) is 7.68. The van der Waals surface area contributed by atoms with E-state index in [0.29, 0.717) is 5.75 Å². The number of thioether (sulfide) groups is 1. The first kappa shape index (κ1) is 18.8. The molecule has 0 bridgehead atoms. The average molecular weight is 434 g/mol. The summed E-state index contributed by atoms with van der Waals surface area (Å²) in [4.78, 5) is 20.3. The number of H-pyrrole nitrogens is 1. The molecule has 3 rings (SSSR count). The van der Waals surface area contributed by atoms with Crippen molar-refractivity contribution in [2.24, 2.45) is 0 Å². The SMILES string of the molecule is CSCC[C@H](NC(=O)COc1ccc(Br)cc1)c1nc2ccccc2[nH]1. The maximum atomic E-state index is 12.4. The smallest absolute Gasteiger partial charge is 0.258 e. The molecule has 3 aromatic rings. The largest absolute Gasteiger partial charge is 0.484 e. The molecule has 1 atom stereocenters. The molecule has 26 heavy (non-hydrogen) atoms. The number of aromatic nitrogens is 2. The number of carbonyl (C=O) groups excluding carboxylic acids is 1. The van der Waals surface area contributed by atoms with Crippen LogP contribution in [-0.2, 0) is 4.79 Å². The molecule has 0 spiro atoms. The van der Waals surface area contributed by atoms with Crippen LogP contribution in [0, 0.1) is 0 Å². The molecule has 0 aliphatic rings. The van der Waals surface area contributed by atoms with Crippen LogP contribution in [0.4, 0.5) is 0 Å². The summed E-state index contributed by atoms with van der Waals surface area (Å²) in [6, 6.07) is 15.1. The second-order valence-electron chi connectivity index (χ2n) is 5.78. The van der Waals surface area contributed by atoms with E-state index in [0.717, 1.165) is 33.5 Å². The first-order chi connectivity index (χ1) is 12.7. The summed E-state index contributed by atoms with van der Waals surface area (Å²) in [5, 5.41) is 3.03. The third kappa shape index (κ3) is 5.02. The summed E-state index contributed by atoms with van der Waals surface area (Å²) in [5.41, 5.74) is 1.87. The van der Waals surface area contributed by atoms with E-state index >= 15 is 0 Å². The summed E-state index contributed by atoms with van der Waals surface area (Å²) < 4.78 is 6.52. The number of aromatic amines is 1. The van der Waals surface area contributed by atoms with Gasteiger partial charge in [-0.1, -0.05) is 28.1 Å². The standard InChI is InChI=1S/C19H20BrN3O2S/c1-26-11-10-17(19-22-15-4-2-3-5-16(15)23-19)21-18(24)12-25-14-8-6-13(20)7-9-14/h2-9,17H,10-12H2,1H3,(H,21,24)(H,22,23)/t17-/m0/s1. The monoisotopic (exact) mass is 433 g/mol. The number of benzene rings is 2. The molecule has 136 valence electrons. The van der Waals surface area contributed by atoms with Gasteiger partial charge in [-0.3, -0.25) is 4.79 Å². The fourth-order valence-corrected chi connectivity index (χ4v) is 3.30. The van der Waals surface area contributed by atoms with Crippen molar-refractivity contribution >= 4 is 44.6 Å². The van der Waals surface area contributed by atoms with Gasteiger partial charge in [-0.25, -0.2) is 4.98 Å². The molecule has 0 aliphatic heterocycles. The van der Waals surface area contributed by atoms with Crippen LogP contribution in [0.25, 0.3) is 11.0 Å². The van der Waals surface area contributed by atoms with E-state index < -0.39 is 0 Å². The topological polar surface area (TPSA) is 67.0 Å². The number of fused-ring (bicyclic) bond motifs is 1. The Morgan fingerprint density at radius 2 is 2.04 bits per heavy atom. The Labute approximate surface area is 165 Å². The van der Waals surface area contributed by atoms with Crippen LogP contribution in [0.1, 0.15) is 18.3 Å². The van der Waals surface area contributed by atoms with Crippen LogP contribution in [0.2, 0.25) is 0 Å². The second kappa shape index (κ2) is 9.09. The Kier molecular flexibility index (Phi) is 6.57. The average Bonchev–Trinajstić information content (AvgIpc) is 3.08. The highest BCUT2D eigenvalue weighted by molar-refractivity contribution is 9.10. The molecule has 0 aliphatic carbocycles. The number of nitrogens with one attached hydrogen (secondary N) is 2. The van der Waals surface area contributed by atoms with Crippen LogP contribution in [-0.4, -0.2) is 34.5 Å². The Morgan fingerprint density at radius 1 is 1.27 bits per heavy atom. The van der Waals surface area contributed by atoms with Gasteiger partial charge in [0.2, 0.25) is 0 Å². The Morgan fingerprint density at radius 3 is 2.77 bits per heavy atom. The van der Waals surface area contributed by atoms with Gasteiger partial charge in [-0.2, -0.15) is 11.8 Å². The Balaban J connectivity index is 1.65. The predicted octanol–water partition coefficient (Wildman–Crippen LogP) is 4.31. The number of rotatable bonds is 8. The van der Waals surface area contributed by atoms with Crippen LogP contribution < -0.4 is 10.1 Å². The summed E-state index contributed by atoms with van der Waals surface area (Å²) in [7, 11) is 0. The minimum atomic E-state index is -0.170. The molecule has 0 saturated carbocycles. The molecule has 0 radical (unpaired) electrons. The Bertz CT molecular complexity index is 834. The number of ether oxygens (including phenoxy) is 1.